The molecular weight excluding hydrogens is 356 g/mol. The monoisotopic (exact) mass is 370 g/mol. The summed E-state index contributed by atoms with van der Waals surface area (Å²) in [6, 6.07) is 11.8. The largest absolute Gasteiger partial charge is 0.465 e. The van der Waals surface area contributed by atoms with E-state index in [1.165, 1.54) is 7.11 Å². The van der Waals surface area contributed by atoms with Crippen LogP contribution in [0.2, 0.25) is 0 Å². The summed E-state index contributed by atoms with van der Waals surface area (Å²) in [7, 11) is 1.30. The summed E-state index contributed by atoms with van der Waals surface area (Å²) in [4.78, 5) is 27.7. The van der Waals surface area contributed by atoms with Crippen LogP contribution >= 0.6 is 11.8 Å². The van der Waals surface area contributed by atoms with Crippen molar-refractivity contribution in [3.8, 4) is 11.6 Å². The Balaban J connectivity index is 1.56. The van der Waals surface area contributed by atoms with Gasteiger partial charge in [-0.3, -0.25) is 9.78 Å². The number of pyridine rings is 1. The number of thioether (sulfide) groups is 1. The molecule has 1 N–H and O–H groups in total. The van der Waals surface area contributed by atoms with Crippen LogP contribution in [0.5, 0.6) is 0 Å². The molecule has 132 valence electrons. The molecule has 3 rings (SSSR count). The number of carbonyl (C=O) groups is 2. The van der Waals surface area contributed by atoms with Gasteiger partial charge in [-0.1, -0.05) is 23.9 Å². The van der Waals surface area contributed by atoms with E-state index in [0.29, 0.717) is 22.8 Å². The third kappa shape index (κ3) is 4.45. The maximum absolute atomic E-state index is 12.1. The van der Waals surface area contributed by atoms with Gasteiger partial charge in [-0.2, -0.15) is 0 Å². The summed E-state index contributed by atoms with van der Waals surface area (Å²) in [5.41, 5.74) is 1.42. The number of nitrogens with zero attached hydrogens (tertiary/aromatic N) is 3. The zero-order chi connectivity index (χ0) is 18.4. The maximum Gasteiger partial charge on any atom is 0.337 e. The Bertz CT molecular complexity index is 914. The van der Waals surface area contributed by atoms with Crippen LogP contribution in [-0.4, -0.2) is 39.9 Å². The molecule has 0 fully saturated rings. The lowest BCUT2D eigenvalue weighted by Gasteiger charge is -2.05. The average Bonchev–Trinajstić information content (AvgIpc) is 3.16. The van der Waals surface area contributed by atoms with E-state index in [0.717, 1.165) is 11.8 Å². The molecule has 2 aromatic heterocycles. The number of rotatable bonds is 6. The Morgan fingerprint density at radius 1 is 1.19 bits per heavy atom. The van der Waals surface area contributed by atoms with E-state index in [9.17, 15) is 9.59 Å². The van der Waals surface area contributed by atoms with Gasteiger partial charge in [0.05, 0.1) is 18.4 Å². The fourth-order valence-corrected chi connectivity index (χ4v) is 2.59. The number of hydrogen-bond acceptors (Lipinski definition) is 8. The molecule has 2 heterocycles. The number of carbonyl (C=O) groups excluding carboxylic acids is 2. The highest BCUT2D eigenvalue weighted by Gasteiger charge is 2.12. The van der Waals surface area contributed by atoms with Gasteiger partial charge >= 0.3 is 5.97 Å². The Labute approximate surface area is 153 Å². The van der Waals surface area contributed by atoms with Gasteiger partial charge in [-0.05, 0) is 30.3 Å². The quantitative estimate of drug-likeness (QED) is 0.521. The average molecular weight is 370 g/mol. The lowest BCUT2D eigenvalue weighted by molar-refractivity contribution is -0.113. The second-order valence-corrected chi connectivity index (χ2v) is 5.92. The van der Waals surface area contributed by atoms with Gasteiger partial charge in [0.25, 0.3) is 11.1 Å². The van der Waals surface area contributed by atoms with Crippen molar-refractivity contribution < 1.29 is 18.7 Å². The number of ether oxygens (including phenoxy) is 1. The van der Waals surface area contributed by atoms with Gasteiger partial charge in [0.2, 0.25) is 5.91 Å². The molecule has 0 atom stereocenters. The van der Waals surface area contributed by atoms with Crippen molar-refractivity contribution in [2.24, 2.45) is 0 Å². The third-order valence-corrected chi connectivity index (χ3v) is 4.00. The van der Waals surface area contributed by atoms with Gasteiger partial charge in [0.1, 0.15) is 5.69 Å². The molecule has 0 aliphatic heterocycles. The minimum absolute atomic E-state index is 0.0757. The van der Waals surface area contributed by atoms with Crippen LogP contribution in [0, 0.1) is 0 Å². The van der Waals surface area contributed by atoms with Gasteiger partial charge < -0.3 is 14.5 Å². The molecule has 0 aliphatic carbocycles. The molecule has 1 amide bonds. The summed E-state index contributed by atoms with van der Waals surface area (Å²) in [6.07, 6.45) is 1.63. The van der Waals surface area contributed by atoms with Crippen LogP contribution in [0.1, 0.15) is 10.4 Å². The minimum Gasteiger partial charge on any atom is -0.465 e. The molecular formula is C17H14N4O4S. The van der Waals surface area contributed by atoms with E-state index in [1.54, 1.807) is 42.6 Å². The van der Waals surface area contributed by atoms with Gasteiger partial charge in [-0.25, -0.2) is 4.79 Å². The number of aromatic nitrogens is 3. The first-order valence-corrected chi connectivity index (χ1v) is 8.50. The van der Waals surface area contributed by atoms with Crippen molar-refractivity contribution in [3.05, 3.63) is 54.2 Å². The molecule has 0 saturated heterocycles. The van der Waals surface area contributed by atoms with Crippen LogP contribution in [0.25, 0.3) is 11.6 Å². The summed E-state index contributed by atoms with van der Waals surface area (Å²) in [5.74, 6) is -0.371. The van der Waals surface area contributed by atoms with Crippen molar-refractivity contribution in [3.63, 3.8) is 0 Å². The summed E-state index contributed by atoms with van der Waals surface area (Å²) in [6.45, 7) is 0. The van der Waals surface area contributed by atoms with Crippen molar-refractivity contribution in [1.82, 2.24) is 15.2 Å². The van der Waals surface area contributed by atoms with Gasteiger partial charge in [0, 0.05) is 11.9 Å². The molecule has 0 spiro atoms. The molecule has 0 bridgehead atoms. The van der Waals surface area contributed by atoms with E-state index in [1.807, 2.05) is 6.07 Å². The number of nitrogens with one attached hydrogen (secondary N) is 1. The molecule has 0 saturated carbocycles. The zero-order valence-corrected chi connectivity index (χ0v) is 14.5. The second-order valence-electron chi connectivity index (χ2n) is 5.00. The number of anilines is 1. The fourth-order valence-electron chi connectivity index (χ4n) is 2.03. The zero-order valence-electron chi connectivity index (χ0n) is 13.7. The first-order valence-electron chi connectivity index (χ1n) is 7.51. The topological polar surface area (TPSA) is 107 Å². The van der Waals surface area contributed by atoms with Gasteiger partial charge in [0.15, 0.2) is 0 Å². The highest BCUT2D eigenvalue weighted by Crippen LogP contribution is 2.21. The molecule has 8 nitrogen and oxygen atoms in total. The van der Waals surface area contributed by atoms with Crippen LogP contribution < -0.4 is 5.32 Å². The third-order valence-electron chi connectivity index (χ3n) is 3.18. The lowest BCUT2D eigenvalue weighted by atomic mass is 10.2. The molecule has 3 aromatic rings. The summed E-state index contributed by atoms with van der Waals surface area (Å²) in [5, 5.41) is 10.8. The smallest absolute Gasteiger partial charge is 0.337 e. The van der Waals surface area contributed by atoms with Crippen LogP contribution in [0.15, 0.2) is 58.3 Å². The van der Waals surface area contributed by atoms with E-state index in [-0.39, 0.29) is 16.9 Å². The van der Waals surface area contributed by atoms with Crippen LogP contribution in [0.4, 0.5) is 5.69 Å². The number of esters is 1. The number of amides is 1. The van der Waals surface area contributed by atoms with E-state index < -0.39 is 5.97 Å². The highest BCUT2D eigenvalue weighted by molar-refractivity contribution is 7.99. The number of methoxy groups -OCH3 is 1. The maximum atomic E-state index is 12.1. The summed E-state index contributed by atoms with van der Waals surface area (Å²) >= 11 is 1.11. The first kappa shape index (κ1) is 17.6. The fraction of sp³-hybridized carbons (Fsp3) is 0.118. The molecule has 1 aromatic carbocycles. The molecule has 0 aliphatic rings. The Hall–Kier alpha value is -3.20. The standard InChI is InChI=1S/C17H14N4O4S/c1-24-16(23)11-5-4-6-12(9-11)19-14(22)10-26-17-21-20-15(25-17)13-7-2-3-8-18-13/h2-9H,10H2,1H3,(H,19,22). The SMILES string of the molecule is COC(=O)c1cccc(NC(=O)CSc2nnc(-c3ccccn3)o2)c1. The Kier molecular flexibility index (Phi) is 5.59. The number of hydrogen-bond donors (Lipinski definition) is 1. The predicted molar refractivity (Wildman–Crippen MR) is 94.7 cm³/mol. The second kappa shape index (κ2) is 8.26. The molecule has 0 unspecified atom stereocenters. The normalized spacial score (nSPS) is 10.3. The van der Waals surface area contributed by atoms with Crippen molar-refractivity contribution in [1.29, 1.82) is 0 Å². The Morgan fingerprint density at radius 2 is 2.08 bits per heavy atom. The van der Waals surface area contributed by atoms with E-state index in [4.69, 9.17) is 4.42 Å². The van der Waals surface area contributed by atoms with Crippen molar-refractivity contribution >= 4 is 29.3 Å². The van der Waals surface area contributed by atoms with Crippen LogP contribution in [-0.2, 0) is 9.53 Å². The van der Waals surface area contributed by atoms with Crippen molar-refractivity contribution in [2.45, 2.75) is 5.22 Å². The van der Waals surface area contributed by atoms with E-state index >= 15 is 0 Å². The van der Waals surface area contributed by atoms with Gasteiger partial charge in [-0.15, -0.1) is 10.2 Å². The van der Waals surface area contributed by atoms with E-state index in [2.05, 4.69) is 25.2 Å². The molecule has 0 radical (unpaired) electrons. The molecule has 26 heavy (non-hydrogen) atoms. The first-order chi connectivity index (χ1) is 12.7. The lowest BCUT2D eigenvalue weighted by Crippen LogP contribution is -2.14. The van der Waals surface area contributed by atoms with Crippen LogP contribution in [0.3, 0.4) is 0 Å². The Morgan fingerprint density at radius 3 is 2.85 bits per heavy atom. The minimum atomic E-state index is -0.469. The van der Waals surface area contributed by atoms with Crippen molar-refractivity contribution in [2.75, 3.05) is 18.2 Å². The molecule has 9 heteroatoms. The summed E-state index contributed by atoms with van der Waals surface area (Å²) < 4.78 is 10.1. The predicted octanol–water partition coefficient (Wildman–Crippen LogP) is 2.65. The highest BCUT2D eigenvalue weighted by atomic mass is 32.2. The number of benzene rings is 1.